The Morgan fingerprint density at radius 3 is 2.50 bits per heavy atom. The van der Waals surface area contributed by atoms with Crippen molar-refractivity contribution in [3.8, 4) is 23.1 Å². The standard InChI is InChI=1S/C27H16F3N5O/c28-27(29,30)22-3-1-2-4-24(22)33-25-15-18(13-14-31-25)7-10-21-16-32-26-12-11-23(34-35(21)26)20-8-5-19(17-36)6-9-20/h1-6,8-9,11-17H,(H,31,33). The van der Waals surface area contributed by atoms with Gasteiger partial charge in [0.2, 0.25) is 0 Å². The second kappa shape index (κ2) is 9.35. The fourth-order valence-electron chi connectivity index (χ4n) is 3.54. The van der Waals surface area contributed by atoms with Crippen LogP contribution in [-0.4, -0.2) is 25.9 Å². The van der Waals surface area contributed by atoms with Crippen molar-refractivity contribution in [2.24, 2.45) is 0 Å². The summed E-state index contributed by atoms with van der Waals surface area (Å²) in [4.78, 5) is 19.3. The summed E-state index contributed by atoms with van der Waals surface area (Å²) in [5, 5.41) is 7.34. The van der Waals surface area contributed by atoms with Crippen molar-refractivity contribution in [1.29, 1.82) is 0 Å². The molecule has 0 aliphatic carbocycles. The maximum Gasteiger partial charge on any atom is 0.418 e. The van der Waals surface area contributed by atoms with Crippen molar-refractivity contribution < 1.29 is 18.0 Å². The predicted molar refractivity (Wildman–Crippen MR) is 129 cm³/mol. The number of nitrogens with zero attached hydrogens (tertiary/aromatic N) is 4. The van der Waals surface area contributed by atoms with Gasteiger partial charge in [0.1, 0.15) is 17.8 Å². The first-order chi connectivity index (χ1) is 17.4. The van der Waals surface area contributed by atoms with Gasteiger partial charge in [-0.15, -0.1) is 0 Å². The summed E-state index contributed by atoms with van der Waals surface area (Å²) in [5.74, 6) is 6.24. The van der Waals surface area contributed by atoms with E-state index < -0.39 is 11.7 Å². The van der Waals surface area contributed by atoms with Crippen LogP contribution in [0.15, 0.2) is 85.2 Å². The number of rotatable bonds is 4. The maximum atomic E-state index is 13.3. The SMILES string of the molecule is O=Cc1ccc(-c2ccc3ncc(C#Cc4ccnc(Nc5ccccc5C(F)(F)F)c4)n3n2)cc1. The van der Waals surface area contributed by atoms with Gasteiger partial charge in [0.25, 0.3) is 0 Å². The van der Waals surface area contributed by atoms with Crippen LogP contribution >= 0.6 is 0 Å². The lowest BCUT2D eigenvalue weighted by Gasteiger charge is -2.13. The number of halogens is 3. The Labute approximate surface area is 203 Å². The number of pyridine rings is 1. The summed E-state index contributed by atoms with van der Waals surface area (Å²) >= 11 is 0. The first-order valence-corrected chi connectivity index (χ1v) is 10.7. The van der Waals surface area contributed by atoms with Gasteiger partial charge < -0.3 is 5.32 Å². The molecule has 176 valence electrons. The van der Waals surface area contributed by atoms with Gasteiger partial charge in [-0.2, -0.15) is 18.3 Å². The van der Waals surface area contributed by atoms with E-state index in [1.54, 1.807) is 35.0 Å². The average molecular weight is 483 g/mol. The zero-order chi connectivity index (χ0) is 25.1. The summed E-state index contributed by atoms with van der Waals surface area (Å²) in [5.41, 5.74) is 2.89. The summed E-state index contributed by atoms with van der Waals surface area (Å²) < 4.78 is 41.5. The zero-order valence-corrected chi connectivity index (χ0v) is 18.5. The summed E-state index contributed by atoms with van der Waals surface area (Å²) in [6.45, 7) is 0. The van der Waals surface area contributed by atoms with Gasteiger partial charge in [-0.25, -0.2) is 14.5 Å². The Kier molecular flexibility index (Phi) is 5.92. The van der Waals surface area contributed by atoms with Crippen molar-refractivity contribution in [1.82, 2.24) is 19.6 Å². The molecule has 0 unspecified atom stereocenters. The molecule has 36 heavy (non-hydrogen) atoms. The molecular formula is C27H16F3N5O. The number of fused-ring (bicyclic) bond motifs is 1. The van der Waals surface area contributed by atoms with E-state index >= 15 is 0 Å². The van der Waals surface area contributed by atoms with E-state index in [0.29, 0.717) is 28.2 Å². The molecular weight excluding hydrogens is 467 g/mol. The van der Waals surface area contributed by atoms with Gasteiger partial charge in [-0.05, 0) is 42.3 Å². The second-order valence-corrected chi connectivity index (χ2v) is 7.72. The highest BCUT2D eigenvalue weighted by Crippen LogP contribution is 2.35. The number of benzene rings is 2. The molecule has 0 amide bonds. The topological polar surface area (TPSA) is 72.2 Å². The highest BCUT2D eigenvalue weighted by atomic mass is 19.4. The minimum atomic E-state index is -4.49. The lowest BCUT2D eigenvalue weighted by atomic mass is 10.1. The van der Waals surface area contributed by atoms with Crippen LogP contribution in [-0.2, 0) is 6.18 Å². The first kappa shape index (κ1) is 22.8. The Hall–Kier alpha value is -4.97. The molecule has 9 heteroatoms. The van der Waals surface area contributed by atoms with Crippen LogP contribution in [0.3, 0.4) is 0 Å². The minimum absolute atomic E-state index is 0.0951. The lowest BCUT2D eigenvalue weighted by Crippen LogP contribution is -2.08. The van der Waals surface area contributed by atoms with E-state index in [-0.39, 0.29) is 11.5 Å². The quantitative estimate of drug-likeness (QED) is 0.260. The lowest BCUT2D eigenvalue weighted by molar-refractivity contribution is -0.136. The van der Waals surface area contributed by atoms with Crippen LogP contribution < -0.4 is 5.32 Å². The molecule has 3 aromatic heterocycles. The van der Waals surface area contributed by atoms with Crippen molar-refractivity contribution in [3.05, 3.63) is 108 Å². The predicted octanol–water partition coefficient (Wildman–Crippen LogP) is 5.77. The molecule has 0 aliphatic heterocycles. The number of imidazole rings is 1. The third kappa shape index (κ3) is 4.79. The molecule has 0 spiro atoms. The largest absolute Gasteiger partial charge is 0.418 e. The van der Waals surface area contributed by atoms with Gasteiger partial charge in [0, 0.05) is 22.9 Å². The average Bonchev–Trinajstić information content (AvgIpc) is 3.30. The Morgan fingerprint density at radius 1 is 0.917 bits per heavy atom. The first-order valence-electron chi connectivity index (χ1n) is 10.7. The third-order valence-corrected chi connectivity index (χ3v) is 5.29. The molecule has 6 nitrogen and oxygen atoms in total. The smallest absolute Gasteiger partial charge is 0.340 e. The molecule has 3 heterocycles. The number of carbonyl (C=O) groups excluding carboxylic acids is 1. The fraction of sp³-hybridized carbons (Fsp3) is 0.0370. The number of hydrogen-bond acceptors (Lipinski definition) is 5. The molecule has 5 rings (SSSR count). The summed E-state index contributed by atoms with van der Waals surface area (Å²) in [6.07, 6.45) is -0.656. The molecule has 1 N–H and O–H groups in total. The van der Waals surface area contributed by atoms with Crippen LogP contribution in [0.2, 0.25) is 0 Å². The molecule has 5 aromatic rings. The zero-order valence-electron chi connectivity index (χ0n) is 18.5. The second-order valence-electron chi connectivity index (χ2n) is 7.72. The molecule has 0 saturated carbocycles. The Morgan fingerprint density at radius 2 is 1.72 bits per heavy atom. The summed E-state index contributed by atoms with van der Waals surface area (Å²) in [7, 11) is 0. The van der Waals surface area contributed by atoms with Crippen molar-refractivity contribution in [2.75, 3.05) is 5.32 Å². The highest BCUT2D eigenvalue weighted by Gasteiger charge is 2.33. The van der Waals surface area contributed by atoms with Crippen molar-refractivity contribution in [3.63, 3.8) is 0 Å². The molecule has 2 aromatic carbocycles. The van der Waals surface area contributed by atoms with Crippen molar-refractivity contribution in [2.45, 2.75) is 6.18 Å². The monoisotopic (exact) mass is 483 g/mol. The number of aromatic nitrogens is 4. The number of nitrogens with one attached hydrogen (secondary N) is 1. The molecule has 0 saturated heterocycles. The Bertz CT molecular complexity index is 1630. The van der Waals surface area contributed by atoms with E-state index in [1.165, 1.54) is 24.4 Å². The van der Waals surface area contributed by atoms with Gasteiger partial charge in [-0.1, -0.05) is 42.3 Å². The molecule has 0 bridgehead atoms. The normalized spacial score (nSPS) is 11.1. The van der Waals surface area contributed by atoms with E-state index in [9.17, 15) is 18.0 Å². The Balaban J connectivity index is 1.43. The van der Waals surface area contributed by atoms with Crippen molar-refractivity contribution >= 4 is 23.4 Å². The number of carbonyl (C=O) groups is 1. The third-order valence-electron chi connectivity index (χ3n) is 5.29. The molecule has 0 radical (unpaired) electrons. The number of hydrogen-bond donors (Lipinski definition) is 1. The minimum Gasteiger partial charge on any atom is -0.340 e. The number of aldehydes is 1. The number of anilines is 2. The van der Waals surface area contributed by atoms with Crippen LogP contribution in [0.5, 0.6) is 0 Å². The van der Waals surface area contributed by atoms with E-state index in [0.717, 1.165) is 17.9 Å². The summed E-state index contributed by atoms with van der Waals surface area (Å²) in [6, 6.07) is 19.1. The van der Waals surface area contributed by atoms with Gasteiger partial charge >= 0.3 is 6.18 Å². The van der Waals surface area contributed by atoms with Crippen LogP contribution in [0.1, 0.15) is 27.2 Å². The van der Waals surface area contributed by atoms with Gasteiger partial charge in [0.05, 0.1) is 23.1 Å². The van der Waals surface area contributed by atoms with Gasteiger partial charge in [-0.3, -0.25) is 4.79 Å². The van der Waals surface area contributed by atoms with E-state index in [2.05, 4.69) is 32.2 Å². The van der Waals surface area contributed by atoms with Crippen LogP contribution in [0.4, 0.5) is 24.7 Å². The van der Waals surface area contributed by atoms with Crippen LogP contribution in [0, 0.1) is 11.8 Å². The number of para-hydroxylation sites is 1. The van der Waals surface area contributed by atoms with E-state index in [4.69, 9.17) is 0 Å². The molecule has 0 atom stereocenters. The van der Waals surface area contributed by atoms with Crippen LogP contribution in [0.25, 0.3) is 16.9 Å². The molecule has 0 aliphatic rings. The number of alkyl halides is 3. The maximum absolute atomic E-state index is 13.3. The van der Waals surface area contributed by atoms with Gasteiger partial charge in [0.15, 0.2) is 5.65 Å². The van der Waals surface area contributed by atoms with E-state index in [1.807, 2.05) is 24.3 Å². The highest BCUT2D eigenvalue weighted by molar-refractivity contribution is 5.76. The fourth-order valence-corrected chi connectivity index (χ4v) is 3.54. The molecule has 0 fully saturated rings.